The fourth-order valence-electron chi connectivity index (χ4n) is 2.50. The van der Waals surface area contributed by atoms with E-state index >= 15 is 0 Å². The maximum absolute atomic E-state index is 5.88. The van der Waals surface area contributed by atoms with E-state index in [1.54, 1.807) is 14.2 Å². The predicted octanol–water partition coefficient (Wildman–Crippen LogP) is 2.18. The Morgan fingerprint density at radius 3 is 1.24 bits per heavy atom. The molecule has 0 aromatic heterocycles. The first kappa shape index (κ1) is 17.1. The minimum absolute atomic E-state index is 0.416. The van der Waals surface area contributed by atoms with E-state index in [2.05, 4.69) is 50.7 Å². The SMILES string of the molecule is CCN(C(C)C)[Si](OC)(OC)N(CC)C(C)C. The van der Waals surface area contributed by atoms with Crippen LogP contribution in [-0.4, -0.2) is 57.4 Å². The van der Waals surface area contributed by atoms with Gasteiger partial charge in [0.2, 0.25) is 0 Å². The molecule has 0 fully saturated rings. The van der Waals surface area contributed by atoms with Gasteiger partial charge in [0.15, 0.2) is 0 Å². The maximum atomic E-state index is 5.88. The van der Waals surface area contributed by atoms with Crippen molar-refractivity contribution >= 4 is 8.88 Å². The zero-order valence-electron chi connectivity index (χ0n) is 12.8. The van der Waals surface area contributed by atoms with Gasteiger partial charge in [0.1, 0.15) is 0 Å². The molecule has 0 aromatic carbocycles. The number of nitrogens with zero attached hydrogens (tertiary/aromatic N) is 2. The Balaban J connectivity index is 5.37. The van der Waals surface area contributed by atoms with E-state index < -0.39 is 8.88 Å². The van der Waals surface area contributed by atoms with Crippen molar-refractivity contribution in [3.63, 3.8) is 0 Å². The second-order valence-electron chi connectivity index (χ2n) is 4.72. The van der Waals surface area contributed by atoms with Gasteiger partial charge in [-0.2, -0.15) is 0 Å². The van der Waals surface area contributed by atoms with Crippen LogP contribution in [0.25, 0.3) is 0 Å². The number of hydrogen-bond acceptors (Lipinski definition) is 4. The Bertz CT molecular complexity index is 191. The molecule has 5 heteroatoms. The van der Waals surface area contributed by atoms with Crippen LogP contribution in [0.4, 0.5) is 0 Å². The molecule has 17 heavy (non-hydrogen) atoms. The van der Waals surface area contributed by atoms with Gasteiger partial charge in [-0.15, -0.1) is 0 Å². The predicted molar refractivity (Wildman–Crippen MR) is 74.8 cm³/mol. The molecule has 4 nitrogen and oxygen atoms in total. The van der Waals surface area contributed by atoms with E-state index in [1.165, 1.54) is 0 Å². The standard InChI is InChI=1S/C12H30N2O2Si/c1-9-13(11(3)4)17(15-7,16-8)14(10-2)12(5)6/h11-12H,9-10H2,1-8H3. The van der Waals surface area contributed by atoms with Crippen LogP contribution in [0, 0.1) is 0 Å². The summed E-state index contributed by atoms with van der Waals surface area (Å²) < 4.78 is 16.5. The lowest BCUT2D eigenvalue weighted by Crippen LogP contribution is -2.71. The number of hydrogen-bond donors (Lipinski definition) is 0. The van der Waals surface area contributed by atoms with Crippen molar-refractivity contribution in [3.05, 3.63) is 0 Å². The van der Waals surface area contributed by atoms with Gasteiger partial charge in [0, 0.05) is 26.3 Å². The van der Waals surface area contributed by atoms with E-state index in [1.807, 2.05) is 0 Å². The zero-order chi connectivity index (χ0) is 13.6. The summed E-state index contributed by atoms with van der Waals surface area (Å²) in [6, 6.07) is 0.832. The summed E-state index contributed by atoms with van der Waals surface area (Å²) in [6.45, 7) is 15.0. The summed E-state index contributed by atoms with van der Waals surface area (Å²) in [5.74, 6) is 0. The van der Waals surface area contributed by atoms with Gasteiger partial charge < -0.3 is 8.85 Å². The third-order valence-corrected chi connectivity index (χ3v) is 7.37. The highest BCUT2D eigenvalue weighted by molar-refractivity contribution is 6.61. The normalized spacial score (nSPS) is 13.4. The van der Waals surface area contributed by atoms with Crippen molar-refractivity contribution < 1.29 is 8.85 Å². The highest BCUT2D eigenvalue weighted by Crippen LogP contribution is 2.22. The zero-order valence-corrected chi connectivity index (χ0v) is 13.8. The molecule has 0 aromatic rings. The lowest BCUT2D eigenvalue weighted by Gasteiger charge is -2.47. The fraction of sp³-hybridized carbons (Fsp3) is 1.00. The Kier molecular flexibility index (Phi) is 7.51. The van der Waals surface area contributed by atoms with Gasteiger partial charge >= 0.3 is 8.88 Å². The van der Waals surface area contributed by atoms with E-state index in [-0.39, 0.29) is 0 Å². The largest absolute Gasteiger partial charge is 0.522 e. The molecule has 0 rings (SSSR count). The Morgan fingerprint density at radius 1 is 0.824 bits per heavy atom. The Hall–Kier alpha value is 0.0569. The van der Waals surface area contributed by atoms with Crippen molar-refractivity contribution in [2.75, 3.05) is 27.3 Å². The van der Waals surface area contributed by atoms with Crippen LogP contribution in [0.3, 0.4) is 0 Å². The van der Waals surface area contributed by atoms with Gasteiger partial charge in [-0.1, -0.05) is 41.5 Å². The molecule has 0 heterocycles. The summed E-state index contributed by atoms with van der Waals surface area (Å²) in [5, 5.41) is 0. The van der Waals surface area contributed by atoms with Crippen LogP contribution >= 0.6 is 0 Å². The molecule has 0 saturated heterocycles. The average molecular weight is 262 g/mol. The van der Waals surface area contributed by atoms with Crippen LogP contribution in [0.1, 0.15) is 41.5 Å². The van der Waals surface area contributed by atoms with Gasteiger partial charge in [0.25, 0.3) is 0 Å². The van der Waals surface area contributed by atoms with Crippen LogP contribution < -0.4 is 0 Å². The first-order valence-corrected chi connectivity index (χ1v) is 8.26. The van der Waals surface area contributed by atoms with Gasteiger partial charge in [-0.25, -0.2) is 0 Å². The highest BCUT2D eigenvalue weighted by Gasteiger charge is 2.51. The molecule has 0 N–H and O–H groups in total. The van der Waals surface area contributed by atoms with E-state index in [0.717, 1.165) is 13.1 Å². The summed E-state index contributed by atoms with van der Waals surface area (Å²) >= 11 is 0. The molecule has 104 valence electrons. The number of rotatable bonds is 8. The summed E-state index contributed by atoms with van der Waals surface area (Å²) in [7, 11) is 1.08. The Morgan fingerprint density at radius 2 is 1.12 bits per heavy atom. The van der Waals surface area contributed by atoms with E-state index in [4.69, 9.17) is 8.85 Å². The van der Waals surface area contributed by atoms with E-state index in [9.17, 15) is 0 Å². The van der Waals surface area contributed by atoms with Crippen LogP contribution in [-0.2, 0) is 8.85 Å². The third-order valence-electron chi connectivity index (χ3n) is 3.19. The topological polar surface area (TPSA) is 24.9 Å². The quantitative estimate of drug-likeness (QED) is 0.626. The minimum Gasteiger partial charge on any atom is -0.374 e. The summed E-state index contributed by atoms with van der Waals surface area (Å²) in [5.41, 5.74) is 0. The van der Waals surface area contributed by atoms with Crippen LogP contribution in [0.15, 0.2) is 0 Å². The molecule has 0 aliphatic carbocycles. The van der Waals surface area contributed by atoms with Crippen molar-refractivity contribution in [2.45, 2.75) is 53.6 Å². The molecule has 0 saturated carbocycles. The molecular formula is C12H30N2O2Si. The average Bonchev–Trinajstić information content (AvgIpc) is 2.27. The van der Waals surface area contributed by atoms with Crippen LogP contribution in [0.5, 0.6) is 0 Å². The van der Waals surface area contributed by atoms with Crippen molar-refractivity contribution in [2.24, 2.45) is 0 Å². The fourth-order valence-corrected chi connectivity index (χ4v) is 6.04. The van der Waals surface area contributed by atoms with Crippen molar-refractivity contribution in [1.82, 2.24) is 9.13 Å². The second-order valence-corrected chi connectivity index (χ2v) is 7.78. The summed E-state index contributed by atoms with van der Waals surface area (Å²) in [6.07, 6.45) is 0. The molecule has 0 aliphatic rings. The summed E-state index contributed by atoms with van der Waals surface area (Å²) in [4.78, 5) is 0. The third kappa shape index (κ3) is 3.51. The van der Waals surface area contributed by atoms with Crippen LogP contribution in [0.2, 0.25) is 0 Å². The van der Waals surface area contributed by atoms with Gasteiger partial charge in [-0.05, 0) is 13.1 Å². The molecule has 0 aliphatic heterocycles. The maximum Gasteiger partial charge on any atom is 0.522 e. The van der Waals surface area contributed by atoms with Gasteiger partial charge in [0.05, 0.1) is 0 Å². The smallest absolute Gasteiger partial charge is 0.374 e. The van der Waals surface area contributed by atoms with Gasteiger partial charge in [-0.3, -0.25) is 9.13 Å². The minimum atomic E-state index is -2.46. The highest BCUT2D eigenvalue weighted by atomic mass is 28.4. The molecule has 0 radical (unpaired) electrons. The lowest BCUT2D eigenvalue weighted by atomic mass is 10.4. The molecule has 0 unspecified atom stereocenters. The van der Waals surface area contributed by atoms with Crippen molar-refractivity contribution in [3.8, 4) is 0 Å². The second kappa shape index (κ2) is 7.48. The first-order valence-electron chi connectivity index (χ1n) is 6.54. The molecular weight excluding hydrogens is 232 g/mol. The first-order chi connectivity index (χ1) is 7.91. The monoisotopic (exact) mass is 262 g/mol. The van der Waals surface area contributed by atoms with Crippen molar-refractivity contribution in [1.29, 1.82) is 0 Å². The molecule has 0 bridgehead atoms. The molecule has 0 spiro atoms. The molecule has 0 atom stereocenters. The molecule has 0 amide bonds. The Labute approximate surface area is 108 Å². The lowest BCUT2D eigenvalue weighted by molar-refractivity contribution is 0.0735. The van der Waals surface area contributed by atoms with E-state index in [0.29, 0.717) is 12.1 Å².